The fourth-order valence-corrected chi connectivity index (χ4v) is 2.22. The zero-order chi connectivity index (χ0) is 14.8. The lowest BCUT2D eigenvalue weighted by Gasteiger charge is -2.34. The third-order valence-electron chi connectivity index (χ3n) is 3.58. The molecule has 0 atom stereocenters. The molecule has 0 spiro atoms. The van der Waals surface area contributed by atoms with Crippen LogP contribution < -0.4 is 10.6 Å². The molecule has 6 heteroatoms. The van der Waals surface area contributed by atoms with Crippen molar-refractivity contribution in [3.05, 3.63) is 0 Å². The number of piperazine rings is 1. The Morgan fingerprint density at radius 2 is 1.80 bits per heavy atom. The molecule has 1 aliphatic rings. The van der Waals surface area contributed by atoms with Gasteiger partial charge in [0.15, 0.2) is 5.96 Å². The Bertz CT molecular complexity index is 311. The molecule has 0 unspecified atom stereocenters. The predicted octanol–water partition coefficient (Wildman–Crippen LogP) is 0.116. The van der Waals surface area contributed by atoms with Gasteiger partial charge in [-0.1, -0.05) is 13.3 Å². The van der Waals surface area contributed by atoms with E-state index < -0.39 is 0 Å². The van der Waals surface area contributed by atoms with Crippen LogP contribution in [-0.2, 0) is 4.79 Å². The molecule has 116 valence electrons. The summed E-state index contributed by atoms with van der Waals surface area (Å²) in [7, 11) is 1.80. The minimum atomic E-state index is 0.184. The summed E-state index contributed by atoms with van der Waals surface area (Å²) in [6.07, 6.45) is 2.35. The first-order valence-corrected chi connectivity index (χ1v) is 7.59. The Balaban J connectivity index is 2.13. The monoisotopic (exact) mass is 283 g/mol. The van der Waals surface area contributed by atoms with Gasteiger partial charge in [-0.15, -0.1) is 0 Å². The summed E-state index contributed by atoms with van der Waals surface area (Å²) in [4.78, 5) is 19.7. The van der Waals surface area contributed by atoms with Crippen molar-refractivity contribution in [3.63, 3.8) is 0 Å². The van der Waals surface area contributed by atoms with Crippen LogP contribution in [-0.4, -0.2) is 74.5 Å². The van der Waals surface area contributed by atoms with Crippen molar-refractivity contribution in [3.8, 4) is 0 Å². The van der Waals surface area contributed by atoms with Gasteiger partial charge in [-0.3, -0.25) is 14.7 Å². The molecule has 0 aromatic heterocycles. The van der Waals surface area contributed by atoms with Crippen LogP contribution >= 0.6 is 0 Å². The Morgan fingerprint density at radius 3 is 2.35 bits per heavy atom. The average molecular weight is 283 g/mol. The van der Waals surface area contributed by atoms with E-state index in [0.29, 0.717) is 0 Å². The van der Waals surface area contributed by atoms with Crippen LogP contribution in [0.1, 0.15) is 26.7 Å². The molecule has 6 nitrogen and oxygen atoms in total. The molecule has 0 bridgehead atoms. The van der Waals surface area contributed by atoms with Crippen LogP contribution in [0.2, 0.25) is 0 Å². The van der Waals surface area contributed by atoms with Crippen molar-refractivity contribution in [2.24, 2.45) is 4.99 Å². The maximum absolute atomic E-state index is 11.2. The second kappa shape index (κ2) is 9.58. The molecule has 1 heterocycles. The Morgan fingerprint density at radius 1 is 1.15 bits per heavy atom. The molecular formula is C14H29N5O. The largest absolute Gasteiger partial charge is 0.356 e. The van der Waals surface area contributed by atoms with Gasteiger partial charge in [-0.2, -0.15) is 0 Å². The molecule has 2 N–H and O–H groups in total. The lowest BCUT2D eigenvalue weighted by Crippen LogP contribution is -2.50. The summed E-state index contributed by atoms with van der Waals surface area (Å²) in [5, 5.41) is 6.62. The van der Waals surface area contributed by atoms with Crippen LogP contribution in [0.25, 0.3) is 0 Å². The minimum absolute atomic E-state index is 0.184. The number of unbranched alkanes of at least 4 members (excludes halogenated alkanes) is 1. The third-order valence-corrected chi connectivity index (χ3v) is 3.58. The summed E-state index contributed by atoms with van der Waals surface area (Å²) in [6, 6.07) is 0. The lowest BCUT2D eigenvalue weighted by atomic mass is 10.3. The van der Waals surface area contributed by atoms with E-state index in [1.807, 2.05) is 4.90 Å². The fourth-order valence-electron chi connectivity index (χ4n) is 2.22. The molecule has 1 rings (SSSR count). The highest BCUT2D eigenvalue weighted by Crippen LogP contribution is 2.00. The van der Waals surface area contributed by atoms with E-state index in [1.54, 1.807) is 14.0 Å². The molecule has 0 aromatic carbocycles. The van der Waals surface area contributed by atoms with Crippen LogP contribution in [0.3, 0.4) is 0 Å². The second-order valence-electron chi connectivity index (χ2n) is 5.13. The zero-order valence-electron chi connectivity index (χ0n) is 13.1. The molecule has 1 aliphatic heterocycles. The number of hydrogen-bond donors (Lipinski definition) is 2. The van der Waals surface area contributed by atoms with Crippen molar-refractivity contribution in [1.29, 1.82) is 0 Å². The van der Waals surface area contributed by atoms with Crippen molar-refractivity contribution in [2.75, 3.05) is 52.9 Å². The summed E-state index contributed by atoms with van der Waals surface area (Å²) >= 11 is 0. The van der Waals surface area contributed by atoms with Gasteiger partial charge < -0.3 is 15.5 Å². The summed E-state index contributed by atoms with van der Waals surface area (Å²) in [5.41, 5.74) is 0. The average Bonchev–Trinajstić information content (AvgIpc) is 2.46. The minimum Gasteiger partial charge on any atom is -0.356 e. The van der Waals surface area contributed by atoms with Crippen molar-refractivity contribution < 1.29 is 4.79 Å². The van der Waals surface area contributed by atoms with Crippen LogP contribution in [0, 0.1) is 0 Å². The van der Waals surface area contributed by atoms with Crippen LogP contribution in [0.15, 0.2) is 4.99 Å². The number of hydrogen-bond acceptors (Lipinski definition) is 3. The smallest absolute Gasteiger partial charge is 0.219 e. The Labute approximate surface area is 122 Å². The SMILES string of the molecule is CCCCNC(=NC)NCCN1CCN(C(C)=O)CC1. The van der Waals surface area contributed by atoms with E-state index in [4.69, 9.17) is 0 Å². The molecule has 1 fully saturated rings. The number of aliphatic imine (C=N–C) groups is 1. The number of amides is 1. The normalized spacial score (nSPS) is 17.1. The molecule has 0 radical (unpaired) electrons. The summed E-state index contributed by atoms with van der Waals surface area (Å²) in [6.45, 7) is 10.3. The molecule has 1 saturated heterocycles. The van der Waals surface area contributed by atoms with Gasteiger partial charge in [0.25, 0.3) is 0 Å². The molecule has 20 heavy (non-hydrogen) atoms. The van der Waals surface area contributed by atoms with E-state index in [0.717, 1.165) is 58.2 Å². The number of rotatable bonds is 6. The maximum atomic E-state index is 11.2. The molecule has 0 aliphatic carbocycles. The van der Waals surface area contributed by atoms with Gasteiger partial charge >= 0.3 is 0 Å². The number of carbonyl (C=O) groups is 1. The molecular weight excluding hydrogens is 254 g/mol. The topological polar surface area (TPSA) is 60.0 Å². The number of carbonyl (C=O) groups excluding carboxylic acids is 1. The van der Waals surface area contributed by atoms with E-state index in [-0.39, 0.29) is 5.91 Å². The first-order valence-electron chi connectivity index (χ1n) is 7.59. The zero-order valence-corrected chi connectivity index (χ0v) is 13.1. The van der Waals surface area contributed by atoms with E-state index in [1.165, 1.54) is 6.42 Å². The number of guanidine groups is 1. The number of nitrogens with one attached hydrogen (secondary N) is 2. The third kappa shape index (κ3) is 6.23. The van der Waals surface area contributed by atoms with Crippen molar-refractivity contribution >= 4 is 11.9 Å². The van der Waals surface area contributed by atoms with Gasteiger partial charge in [-0.05, 0) is 6.42 Å². The highest BCUT2D eigenvalue weighted by Gasteiger charge is 2.17. The maximum Gasteiger partial charge on any atom is 0.219 e. The lowest BCUT2D eigenvalue weighted by molar-refractivity contribution is -0.130. The summed E-state index contributed by atoms with van der Waals surface area (Å²) < 4.78 is 0. The van der Waals surface area contributed by atoms with Crippen LogP contribution in [0.4, 0.5) is 0 Å². The summed E-state index contributed by atoms with van der Waals surface area (Å²) in [5.74, 6) is 1.06. The van der Waals surface area contributed by atoms with E-state index >= 15 is 0 Å². The van der Waals surface area contributed by atoms with Gasteiger partial charge in [-0.25, -0.2) is 0 Å². The first kappa shape index (κ1) is 16.8. The highest BCUT2D eigenvalue weighted by atomic mass is 16.2. The number of nitrogens with zero attached hydrogens (tertiary/aromatic N) is 3. The fraction of sp³-hybridized carbons (Fsp3) is 0.857. The van der Waals surface area contributed by atoms with Gasteiger partial charge in [0.1, 0.15) is 0 Å². The van der Waals surface area contributed by atoms with Crippen LogP contribution in [0.5, 0.6) is 0 Å². The van der Waals surface area contributed by atoms with E-state index in [2.05, 4.69) is 27.4 Å². The molecule has 1 amide bonds. The van der Waals surface area contributed by atoms with Crippen molar-refractivity contribution in [1.82, 2.24) is 20.4 Å². The predicted molar refractivity (Wildman–Crippen MR) is 83.0 cm³/mol. The van der Waals surface area contributed by atoms with E-state index in [9.17, 15) is 4.79 Å². The molecule has 0 aromatic rings. The van der Waals surface area contributed by atoms with Gasteiger partial charge in [0.05, 0.1) is 0 Å². The quantitative estimate of drug-likeness (QED) is 0.413. The van der Waals surface area contributed by atoms with Gasteiger partial charge in [0.2, 0.25) is 5.91 Å². The highest BCUT2D eigenvalue weighted by molar-refractivity contribution is 5.79. The van der Waals surface area contributed by atoms with Gasteiger partial charge in [0, 0.05) is 59.8 Å². The first-order chi connectivity index (χ1) is 9.67. The standard InChI is InChI=1S/C14H29N5O/c1-4-5-6-16-14(15-3)17-7-8-18-9-11-19(12-10-18)13(2)20/h4-12H2,1-3H3,(H2,15,16,17). The van der Waals surface area contributed by atoms with Crippen molar-refractivity contribution in [2.45, 2.75) is 26.7 Å². The molecule has 0 saturated carbocycles. The Hall–Kier alpha value is -1.30. The second-order valence-corrected chi connectivity index (χ2v) is 5.13. The Kier molecular flexibility index (Phi) is 8.02.